The quantitative estimate of drug-likeness (QED) is 0.134. The zero-order chi connectivity index (χ0) is 45.1. The Morgan fingerprint density at radius 2 is 0.985 bits per heavy atom. The van der Waals surface area contributed by atoms with Gasteiger partial charge in [0.2, 0.25) is 0 Å². The van der Waals surface area contributed by atoms with Crippen molar-refractivity contribution >= 4 is 23.6 Å². The van der Waals surface area contributed by atoms with Gasteiger partial charge in [0.1, 0.15) is 11.2 Å². The van der Waals surface area contributed by atoms with Gasteiger partial charge in [0.25, 0.3) is 0 Å². The van der Waals surface area contributed by atoms with E-state index in [0.29, 0.717) is 26.2 Å². The van der Waals surface area contributed by atoms with Crippen LogP contribution in [0.2, 0.25) is 0 Å². The van der Waals surface area contributed by atoms with Crippen LogP contribution in [0.15, 0.2) is 134 Å². The summed E-state index contributed by atoms with van der Waals surface area (Å²) in [5, 5.41) is 9.27. The minimum absolute atomic E-state index is 0. The van der Waals surface area contributed by atoms with Crippen LogP contribution in [0.4, 0.5) is 21.0 Å². The van der Waals surface area contributed by atoms with Crippen LogP contribution in [0.5, 0.6) is 0 Å². The van der Waals surface area contributed by atoms with Crippen LogP contribution >= 0.6 is 0 Å². The molecule has 0 spiro atoms. The molecule has 65 heavy (non-hydrogen) atoms. The number of aryl methyl sites for hydroxylation is 4. The fourth-order valence-corrected chi connectivity index (χ4v) is 7.80. The zero-order valence-corrected chi connectivity index (χ0v) is 38.4. The van der Waals surface area contributed by atoms with Crippen molar-refractivity contribution < 1.29 is 19.1 Å². The highest BCUT2D eigenvalue weighted by atomic mass is 16.6. The molecule has 12 heteroatoms. The summed E-state index contributed by atoms with van der Waals surface area (Å²) >= 11 is 0. The standard InChI is InChI=1S/2C26H32N4O2.CH4/c1-26(2,3)32-25(31)29-19-17-28(18-20-29)23-11-9-22(10-12-23)24-13-15-27-30(24)16-14-21-7-5-4-6-8-21;1-26(2,3)32-25(31)29-19-17-28(18-20-29)23-11-9-22(10-12-23)24-14-16-30(27-24)15-13-21-7-5-4-6-8-21;/h4-13,15H,14,16-20H2,1-3H3;4-12,14,16H,13,15,17-20H2,1-3H3;1H4. The van der Waals surface area contributed by atoms with Crippen molar-refractivity contribution in [2.45, 2.75) is 86.1 Å². The Morgan fingerprint density at radius 3 is 1.45 bits per heavy atom. The van der Waals surface area contributed by atoms with Gasteiger partial charge in [0, 0.05) is 94.8 Å². The van der Waals surface area contributed by atoms with E-state index in [4.69, 9.17) is 14.6 Å². The van der Waals surface area contributed by atoms with Gasteiger partial charge in [-0.15, -0.1) is 0 Å². The molecule has 0 bridgehead atoms. The maximum absolute atomic E-state index is 12.3. The molecule has 6 aromatic rings. The summed E-state index contributed by atoms with van der Waals surface area (Å²) in [7, 11) is 0. The highest BCUT2D eigenvalue weighted by Gasteiger charge is 2.27. The van der Waals surface area contributed by atoms with E-state index in [-0.39, 0.29) is 19.6 Å². The SMILES string of the molecule is C.CC(C)(C)OC(=O)N1CCN(c2ccc(-c3ccn(CCc4ccccc4)n3)cc2)CC1.CC(C)(C)OC(=O)N1CCN(c2ccc(-c3ccnn3CCc3ccccc3)cc2)CC1. The Balaban J connectivity index is 0.000000212. The zero-order valence-electron chi connectivity index (χ0n) is 38.4. The highest BCUT2D eigenvalue weighted by molar-refractivity contribution is 5.70. The Labute approximate surface area is 386 Å². The first kappa shape index (κ1) is 47.9. The Morgan fingerprint density at radius 1 is 0.538 bits per heavy atom. The average molecular weight is 881 g/mol. The number of nitrogens with zero attached hydrogens (tertiary/aromatic N) is 8. The van der Waals surface area contributed by atoms with Gasteiger partial charge in [-0.25, -0.2) is 9.59 Å². The number of benzene rings is 4. The highest BCUT2D eigenvalue weighted by Crippen LogP contribution is 2.26. The molecule has 2 fully saturated rings. The normalized spacial score (nSPS) is 14.2. The maximum atomic E-state index is 12.3. The van der Waals surface area contributed by atoms with Crippen molar-refractivity contribution in [3.63, 3.8) is 0 Å². The van der Waals surface area contributed by atoms with Crippen molar-refractivity contribution in [3.05, 3.63) is 145 Å². The summed E-state index contributed by atoms with van der Waals surface area (Å²) in [5.74, 6) is 0. The maximum Gasteiger partial charge on any atom is 0.410 e. The largest absolute Gasteiger partial charge is 0.444 e. The number of aromatic nitrogens is 4. The third-order valence-corrected chi connectivity index (χ3v) is 11.2. The molecule has 8 rings (SSSR count). The summed E-state index contributed by atoms with van der Waals surface area (Å²) in [4.78, 5) is 32.8. The number of anilines is 2. The predicted octanol–water partition coefficient (Wildman–Crippen LogP) is 10.3. The molecule has 4 heterocycles. The number of hydrogen-bond donors (Lipinski definition) is 0. The van der Waals surface area contributed by atoms with E-state index in [1.54, 1.807) is 9.80 Å². The van der Waals surface area contributed by atoms with Gasteiger partial charge >= 0.3 is 12.2 Å². The van der Waals surface area contributed by atoms with Crippen LogP contribution < -0.4 is 9.80 Å². The van der Waals surface area contributed by atoms with Crippen molar-refractivity contribution in [1.82, 2.24) is 29.4 Å². The Hall–Kier alpha value is -6.56. The Bertz CT molecular complexity index is 2370. The molecule has 2 aliphatic heterocycles. The minimum Gasteiger partial charge on any atom is -0.444 e. The van der Waals surface area contributed by atoms with Gasteiger partial charge in [-0.05, 0) is 107 Å². The van der Waals surface area contributed by atoms with Crippen LogP contribution in [-0.4, -0.2) is 105 Å². The van der Waals surface area contributed by atoms with E-state index in [2.05, 4.69) is 129 Å². The van der Waals surface area contributed by atoms with E-state index in [1.165, 1.54) is 22.5 Å². The Kier molecular flexibility index (Phi) is 16.1. The first-order valence-electron chi connectivity index (χ1n) is 22.6. The smallest absolute Gasteiger partial charge is 0.410 e. The van der Waals surface area contributed by atoms with Crippen molar-refractivity contribution in [3.8, 4) is 22.5 Å². The van der Waals surface area contributed by atoms with E-state index >= 15 is 0 Å². The van der Waals surface area contributed by atoms with E-state index < -0.39 is 11.2 Å². The van der Waals surface area contributed by atoms with Gasteiger partial charge in [-0.2, -0.15) is 10.2 Å². The molecule has 0 N–H and O–H groups in total. The summed E-state index contributed by atoms with van der Waals surface area (Å²) in [6, 6.07) is 42.3. The molecule has 0 radical (unpaired) electrons. The van der Waals surface area contributed by atoms with Gasteiger partial charge in [0.15, 0.2) is 0 Å². The monoisotopic (exact) mass is 881 g/mol. The number of rotatable bonds is 10. The lowest BCUT2D eigenvalue weighted by molar-refractivity contribution is 0.0230. The molecular formula is C53H68N8O4. The van der Waals surface area contributed by atoms with Gasteiger partial charge < -0.3 is 29.1 Å². The number of ether oxygens (including phenoxy) is 2. The molecule has 344 valence electrons. The number of amides is 2. The second-order valence-electron chi connectivity index (χ2n) is 18.4. The van der Waals surface area contributed by atoms with Gasteiger partial charge in [-0.3, -0.25) is 9.36 Å². The number of piperazine rings is 2. The average Bonchev–Trinajstić information content (AvgIpc) is 3.98. The van der Waals surface area contributed by atoms with Crippen molar-refractivity contribution in [2.24, 2.45) is 0 Å². The van der Waals surface area contributed by atoms with Crippen LogP contribution in [0, 0.1) is 0 Å². The lowest BCUT2D eigenvalue weighted by Crippen LogP contribution is -2.50. The van der Waals surface area contributed by atoms with Gasteiger partial charge in [-0.1, -0.05) is 92.4 Å². The van der Waals surface area contributed by atoms with E-state index in [0.717, 1.165) is 74.6 Å². The first-order valence-corrected chi connectivity index (χ1v) is 22.6. The minimum atomic E-state index is -0.461. The predicted molar refractivity (Wildman–Crippen MR) is 262 cm³/mol. The fraction of sp³-hybridized carbons (Fsp3) is 0.396. The third kappa shape index (κ3) is 14.0. The van der Waals surface area contributed by atoms with Crippen LogP contribution in [-0.2, 0) is 35.4 Å². The summed E-state index contributed by atoms with van der Waals surface area (Å²) in [6.07, 6.45) is 5.38. The fourth-order valence-electron chi connectivity index (χ4n) is 7.80. The molecule has 0 unspecified atom stereocenters. The second kappa shape index (κ2) is 21.9. The molecule has 0 aliphatic carbocycles. The lowest BCUT2D eigenvalue weighted by Gasteiger charge is -2.36. The molecule has 0 saturated carbocycles. The van der Waals surface area contributed by atoms with Crippen LogP contribution in [0.25, 0.3) is 22.5 Å². The lowest BCUT2D eigenvalue weighted by atomic mass is 10.1. The molecule has 2 aliphatic rings. The second-order valence-corrected chi connectivity index (χ2v) is 18.4. The van der Waals surface area contributed by atoms with Crippen molar-refractivity contribution in [2.75, 3.05) is 62.2 Å². The summed E-state index contributed by atoms with van der Waals surface area (Å²) < 4.78 is 15.1. The number of carbonyl (C=O) groups excluding carboxylic acids is 2. The van der Waals surface area contributed by atoms with E-state index in [9.17, 15) is 9.59 Å². The van der Waals surface area contributed by atoms with Crippen LogP contribution in [0.1, 0.15) is 60.1 Å². The van der Waals surface area contributed by atoms with Crippen molar-refractivity contribution in [1.29, 1.82) is 0 Å². The topological polar surface area (TPSA) is 101 Å². The molecule has 0 atom stereocenters. The molecular weight excluding hydrogens is 813 g/mol. The third-order valence-electron chi connectivity index (χ3n) is 11.2. The number of carbonyl (C=O) groups is 2. The van der Waals surface area contributed by atoms with E-state index in [1.807, 2.05) is 70.8 Å². The van der Waals surface area contributed by atoms with Gasteiger partial charge in [0.05, 0.1) is 11.4 Å². The molecule has 2 amide bonds. The molecule has 2 aromatic heterocycles. The van der Waals surface area contributed by atoms with Crippen LogP contribution in [0.3, 0.4) is 0 Å². The molecule has 12 nitrogen and oxygen atoms in total. The summed E-state index contributed by atoms with van der Waals surface area (Å²) in [6.45, 7) is 19.0. The number of hydrogen-bond acceptors (Lipinski definition) is 8. The summed E-state index contributed by atoms with van der Waals surface area (Å²) in [5.41, 5.74) is 8.44. The molecule has 4 aromatic carbocycles. The first-order chi connectivity index (χ1) is 30.8. The molecule has 2 saturated heterocycles.